The third-order valence-corrected chi connectivity index (χ3v) is 4.66. The van der Waals surface area contributed by atoms with Crippen molar-refractivity contribution in [3.63, 3.8) is 0 Å². The first-order valence-electron chi connectivity index (χ1n) is 7.88. The molecule has 1 aromatic rings. The van der Waals surface area contributed by atoms with Gasteiger partial charge in [-0.2, -0.15) is 0 Å². The molecule has 0 saturated carbocycles. The van der Waals surface area contributed by atoms with Crippen LogP contribution in [0.2, 0.25) is 0 Å². The van der Waals surface area contributed by atoms with Gasteiger partial charge in [0.2, 0.25) is 5.91 Å². The Labute approximate surface area is 126 Å². The number of carbonyl (C=O) groups excluding carboxylic acids is 1. The highest BCUT2D eigenvalue weighted by Gasteiger charge is 2.39. The predicted molar refractivity (Wildman–Crippen MR) is 81.9 cm³/mol. The summed E-state index contributed by atoms with van der Waals surface area (Å²) in [7, 11) is 0. The third kappa shape index (κ3) is 2.83. The quantitative estimate of drug-likeness (QED) is 0.904. The van der Waals surface area contributed by atoms with Crippen molar-refractivity contribution >= 4 is 5.91 Å². The van der Waals surface area contributed by atoms with Crippen LogP contribution in [0.4, 0.5) is 0 Å². The van der Waals surface area contributed by atoms with Crippen molar-refractivity contribution in [3.8, 4) is 0 Å². The van der Waals surface area contributed by atoms with Gasteiger partial charge in [-0.05, 0) is 32.4 Å². The van der Waals surface area contributed by atoms with Crippen molar-refractivity contribution < 1.29 is 9.53 Å². The van der Waals surface area contributed by atoms with Crippen molar-refractivity contribution in [2.24, 2.45) is 5.92 Å². The molecule has 0 aliphatic carbocycles. The summed E-state index contributed by atoms with van der Waals surface area (Å²) >= 11 is 0. The Hall–Kier alpha value is -1.39. The Bertz CT molecular complexity index is 485. The minimum atomic E-state index is -0.0271. The van der Waals surface area contributed by atoms with Gasteiger partial charge in [0.1, 0.15) is 6.10 Å². The highest BCUT2D eigenvalue weighted by atomic mass is 16.5. The van der Waals surface area contributed by atoms with Crippen LogP contribution in [0.1, 0.15) is 31.9 Å². The molecule has 1 N–H and O–H groups in total. The van der Waals surface area contributed by atoms with Crippen LogP contribution >= 0.6 is 0 Å². The highest BCUT2D eigenvalue weighted by molar-refractivity contribution is 5.80. The molecular formula is C17H24N2O2. The summed E-state index contributed by atoms with van der Waals surface area (Å²) in [6.07, 6.45) is 0.923. The van der Waals surface area contributed by atoms with Gasteiger partial charge in [-0.3, -0.25) is 4.79 Å². The first-order chi connectivity index (χ1) is 10.2. The van der Waals surface area contributed by atoms with Gasteiger partial charge in [-0.1, -0.05) is 30.3 Å². The average molecular weight is 288 g/mol. The molecule has 1 aromatic carbocycles. The summed E-state index contributed by atoms with van der Waals surface area (Å²) in [6.45, 7) is 6.55. The van der Waals surface area contributed by atoms with E-state index in [2.05, 4.69) is 36.2 Å². The number of nitrogens with zero attached hydrogens (tertiary/aromatic N) is 1. The van der Waals surface area contributed by atoms with E-state index < -0.39 is 0 Å². The molecular weight excluding hydrogens is 264 g/mol. The van der Waals surface area contributed by atoms with Crippen LogP contribution in [0, 0.1) is 5.92 Å². The first-order valence-corrected chi connectivity index (χ1v) is 7.88. The van der Waals surface area contributed by atoms with E-state index in [1.165, 1.54) is 0 Å². The lowest BCUT2D eigenvalue weighted by atomic mass is 9.96. The van der Waals surface area contributed by atoms with Crippen LogP contribution in [-0.2, 0) is 9.53 Å². The second-order valence-electron chi connectivity index (χ2n) is 6.19. The highest BCUT2D eigenvalue weighted by Crippen LogP contribution is 2.32. The third-order valence-electron chi connectivity index (χ3n) is 4.66. The van der Waals surface area contributed by atoms with Crippen LogP contribution in [0.25, 0.3) is 0 Å². The molecule has 2 fully saturated rings. The Kier molecular flexibility index (Phi) is 4.27. The number of hydrogen-bond donors (Lipinski definition) is 1. The lowest BCUT2D eigenvalue weighted by Gasteiger charge is -2.44. The molecule has 1 amide bonds. The lowest BCUT2D eigenvalue weighted by Crippen LogP contribution is -2.55. The molecule has 4 atom stereocenters. The summed E-state index contributed by atoms with van der Waals surface area (Å²) in [5.41, 5.74) is 1.15. The van der Waals surface area contributed by atoms with Crippen LogP contribution in [-0.4, -0.2) is 42.6 Å². The molecule has 3 rings (SSSR count). The Balaban J connectivity index is 1.80. The van der Waals surface area contributed by atoms with Gasteiger partial charge >= 0.3 is 0 Å². The molecule has 2 aliphatic rings. The zero-order chi connectivity index (χ0) is 14.8. The lowest BCUT2D eigenvalue weighted by molar-refractivity contribution is -0.156. The smallest absolute Gasteiger partial charge is 0.227 e. The fourth-order valence-corrected chi connectivity index (χ4v) is 3.52. The maximum atomic E-state index is 12.8. The van der Waals surface area contributed by atoms with Crippen LogP contribution in [0.5, 0.6) is 0 Å². The molecule has 2 heterocycles. The Morgan fingerprint density at radius 1 is 1.29 bits per heavy atom. The molecule has 2 aliphatic heterocycles. The van der Waals surface area contributed by atoms with Crippen molar-refractivity contribution in [2.75, 3.05) is 19.7 Å². The maximum absolute atomic E-state index is 12.8. The van der Waals surface area contributed by atoms with E-state index in [0.717, 1.165) is 25.1 Å². The number of morpholine rings is 1. The van der Waals surface area contributed by atoms with Gasteiger partial charge in [-0.25, -0.2) is 0 Å². The summed E-state index contributed by atoms with van der Waals surface area (Å²) in [5, 5.41) is 3.29. The second kappa shape index (κ2) is 6.16. The molecule has 2 saturated heterocycles. The zero-order valence-electron chi connectivity index (χ0n) is 12.8. The average Bonchev–Trinajstić information content (AvgIpc) is 3.02. The van der Waals surface area contributed by atoms with Crippen molar-refractivity contribution in [2.45, 2.75) is 38.5 Å². The van der Waals surface area contributed by atoms with E-state index in [1.54, 1.807) is 0 Å². The number of rotatable bonds is 2. The van der Waals surface area contributed by atoms with Gasteiger partial charge in [0.05, 0.1) is 24.6 Å². The van der Waals surface area contributed by atoms with Crippen LogP contribution < -0.4 is 5.32 Å². The fourth-order valence-electron chi connectivity index (χ4n) is 3.52. The Morgan fingerprint density at radius 3 is 2.71 bits per heavy atom. The van der Waals surface area contributed by atoms with E-state index in [1.807, 2.05) is 18.2 Å². The van der Waals surface area contributed by atoms with E-state index >= 15 is 0 Å². The van der Waals surface area contributed by atoms with Gasteiger partial charge in [-0.15, -0.1) is 0 Å². The van der Waals surface area contributed by atoms with Gasteiger partial charge in [0.15, 0.2) is 0 Å². The number of carbonyl (C=O) groups is 1. The number of nitrogens with one attached hydrogen (secondary N) is 1. The number of amides is 1. The monoisotopic (exact) mass is 288 g/mol. The van der Waals surface area contributed by atoms with Crippen LogP contribution in [0.3, 0.4) is 0 Å². The molecule has 114 valence electrons. The molecule has 0 spiro atoms. The normalized spacial score (nSPS) is 33.1. The van der Waals surface area contributed by atoms with E-state index in [4.69, 9.17) is 4.74 Å². The van der Waals surface area contributed by atoms with Crippen molar-refractivity contribution in [1.82, 2.24) is 10.2 Å². The van der Waals surface area contributed by atoms with Gasteiger partial charge in [0.25, 0.3) is 0 Å². The molecule has 4 nitrogen and oxygen atoms in total. The minimum absolute atomic E-state index is 0.0271. The molecule has 21 heavy (non-hydrogen) atoms. The zero-order valence-corrected chi connectivity index (χ0v) is 12.8. The van der Waals surface area contributed by atoms with Gasteiger partial charge < -0.3 is 15.0 Å². The number of benzene rings is 1. The first kappa shape index (κ1) is 14.5. The summed E-state index contributed by atoms with van der Waals surface area (Å²) in [6, 6.07) is 10.4. The molecule has 4 heteroatoms. The largest absolute Gasteiger partial charge is 0.369 e. The number of hydrogen-bond acceptors (Lipinski definition) is 3. The van der Waals surface area contributed by atoms with Crippen LogP contribution in [0.15, 0.2) is 30.3 Å². The molecule has 0 aromatic heterocycles. The van der Waals surface area contributed by atoms with E-state index in [0.29, 0.717) is 6.61 Å². The summed E-state index contributed by atoms with van der Waals surface area (Å²) < 4.78 is 6.02. The molecule has 0 bridgehead atoms. The van der Waals surface area contributed by atoms with Crippen molar-refractivity contribution in [1.29, 1.82) is 0 Å². The summed E-state index contributed by atoms with van der Waals surface area (Å²) in [4.78, 5) is 14.9. The van der Waals surface area contributed by atoms with Crippen molar-refractivity contribution in [3.05, 3.63) is 35.9 Å². The van der Waals surface area contributed by atoms with E-state index in [9.17, 15) is 4.79 Å². The molecule has 0 unspecified atom stereocenters. The van der Waals surface area contributed by atoms with Gasteiger partial charge in [0, 0.05) is 6.54 Å². The SMILES string of the molecule is C[C@@H]1CO[C@H](c2ccccc2)[C@@H](C)N1C(=O)[C@@H]1CCNC1. The predicted octanol–water partition coefficient (Wildman–Crippen LogP) is 1.97. The standard InChI is InChI=1S/C17H24N2O2/c1-12-11-21-16(14-6-4-3-5-7-14)13(2)19(12)17(20)15-8-9-18-10-15/h3-7,12-13,15-16,18H,8-11H2,1-2H3/t12-,13-,15-,16+/m1/s1. The minimum Gasteiger partial charge on any atom is -0.369 e. The Morgan fingerprint density at radius 2 is 2.05 bits per heavy atom. The topological polar surface area (TPSA) is 41.6 Å². The molecule has 0 radical (unpaired) electrons. The summed E-state index contributed by atoms with van der Waals surface area (Å²) in [5.74, 6) is 0.411. The fraction of sp³-hybridized carbons (Fsp3) is 0.588. The second-order valence-corrected chi connectivity index (χ2v) is 6.19. The number of ether oxygens (including phenoxy) is 1. The maximum Gasteiger partial charge on any atom is 0.227 e. The van der Waals surface area contributed by atoms with E-state index in [-0.39, 0.29) is 30.0 Å².